The summed E-state index contributed by atoms with van der Waals surface area (Å²) in [6.07, 6.45) is 7.84. The topological polar surface area (TPSA) is 29.5 Å². The van der Waals surface area contributed by atoms with E-state index < -0.39 is 9.04 Å². The lowest BCUT2D eigenvalue weighted by atomic mass is 9.52. The minimum atomic E-state index is -1.20. The van der Waals surface area contributed by atoms with Crippen LogP contribution in [-0.2, 0) is 6.42 Å². The average Bonchev–Trinajstić information content (AvgIpc) is 2.91. The molecule has 4 rings (SSSR count). The summed E-state index contributed by atoms with van der Waals surface area (Å²) in [5.41, 5.74) is 3.73. The third kappa shape index (κ3) is 3.14. The van der Waals surface area contributed by atoms with Gasteiger partial charge in [0.05, 0.1) is 0 Å². The molecule has 1 aromatic carbocycles. The van der Waals surface area contributed by atoms with Gasteiger partial charge in [0.15, 0.2) is 0 Å². The molecule has 150 valence electrons. The second-order valence-electron chi connectivity index (χ2n) is 11.1. The molecule has 27 heavy (non-hydrogen) atoms. The molecule has 2 nitrogen and oxygen atoms in total. The van der Waals surface area contributed by atoms with E-state index in [-0.39, 0.29) is 0 Å². The van der Waals surface area contributed by atoms with Crippen molar-refractivity contribution in [3.63, 3.8) is 0 Å². The summed E-state index contributed by atoms with van der Waals surface area (Å²) in [4.78, 5) is 0. The third-order valence-corrected chi connectivity index (χ3v) is 8.90. The molecule has 2 saturated carbocycles. The number of rotatable bonds is 2. The van der Waals surface area contributed by atoms with Gasteiger partial charge in [0.1, 0.15) is 11.5 Å². The van der Waals surface area contributed by atoms with Crippen LogP contribution in [0.15, 0.2) is 12.1 Å². The Morgan fingerprint density at radius 3 is 2.52 bits per heavy atom. The SMILES string of the molecule is C[SiH](C)Oc1cc(O)cc2c1[C@H]1CC[C@]3(C)C(C(C)(C)C)CC[C@H]3[C@@H]1CC2. The first-order valence-corrected chi connectivity index (χ1v) is 13.9. The van der Waals surface area contributed by atoms with Gasteiger partial charge >= 0.3 is 0 Å². The van der Waals surface area contributed by atoms with E-state index in [1.165, 1.54) is 43.2 Å². The van der Waals surface area contributed by atoms with Crippen molar-refractivity contribution in [2.24, 2.45) is 28.6 Å². The zero-order valence-corrected chi connectivity index (χ0v) is 19.3. The molecular formula is C24H38O2Si. The largest absolute Gasteiger partial charge is 0.547 e. The molecule has 0 aromatic heterocycles. The van der Waals surface area contributed by atoms with Gasteiger partial charge in [-0.2, -0.15) is 0 Å². The van der Waals surface area contributed by atoms with E-state index >= 15 is 0 Å². The molecule has 3 heteroatoms. The van der Waals surface area contributed by atoms with Gasteiger partial charge in [-0.3, -0.25) is 0 Å². The highest BCUT2D eigenvalue weighted by Gasteiger charge is 2.57. The van der Waals surface area contributed by atoms with Gasteiger partial charge in [0, 0.05) is 6.07 Å². The zero-order valence-electron chi connectivity index (χ0n) is 18.1. The molecule has 0 heterocycles. The molecule has 3 aliphatic carbocycles. The Morgan fingerprint density at radius 2 is 1.85 bits per heavy atom. The predicted octanol–water partition coefficient (Wildman–Crippen LogP) is 6.27. The van der Waals surface area contributed by atoms with Crippen LogP contribution in [0.4, 0.5) is 0 Å². The van der Waals surface area contributed by atoms with Crippen LogP contribution in [0.2, 0.25) is 13.1 Å². The van der Waals surface area contributed by atoms with Crippen LogP contribution in [0.1, 0.15) is 76.8 Å². The number of fused-ring (bicyclic) bond motifs is 5. The Balaban J connectivity index is 1.71. The lowest BCUT2D eigenvalue weighted by Gasteiger charge is -2.53. The van der Waals surface area contributed by atoms with E-state index in [1.54, 1.807) is 0 Å². The number of hydrogen-bond donors (Lipinski definition) is 1. The lowest BCUT2D eigenvalue weighted by molar-refractivity contribution is -0.00933. The Labute approximate surface area is 167 Å². The number of phenols is 1. The Bertz CT molecular complexity index is 720. The highest BCUT2D eigenvalue weighted by molar-refractivity contribution is 6.49. The maximum absolute atomic E-state index is 10.2. The van der Waals surface area contributed by atoms with Crippen molar-refractivity contribution in [2.75, 3.05) is 0 Å². The van der Waals surface area contributed by atoms with E-state index in [4.69, 9.17) is 4.43 Å². The van der Waals surface area contributed by atoms with Crippen LogP contribution in [0.25, 0.3) is 0 Å². The fraction of sp³-hybridized carbons (Fsp3) is 0.750. The molecule has 0 aliphatic heterocycles. The summed E-state index contributed by atoms with van der Waals surface area (Å²) in [5, 5.41) is 10.2. The fourth-order valence-electron chi connectivity index (χ4n) is 7.44. The normalized spacial score (nSPS) is 35.5. The van der Waals surface area contributed by atoms with Gasteiger partial charge in [-0.05, 0) is 103 Å². The molecule has 1 unspecified atom stereocenters. The Hall–Kier alpha value is -0.963. The van der Waals surface area contributed by atoms with Crippen LogP contribution >= 0.6 is 0 Å². The van der Waals surface area contributed by atoms with Crippen LogP contribution in [0.3, 0.4) is 0 Å². The average molecular weight is 387 g/mol. The molecule has 0 amide bonds. The van der Waals surface area contributed by atoms with E-state index in [9.17, 15) is 5.11 Å². The molecule has 0 saturated heterocycles. The summed E-state index contributed by atoms with van der Waals surface area (Å²) in [6, 6.07) is 3.91. The molecule has 0 radical (unpaired) electrons. The summed E-state index contributed by atoms with van der Waals surface area (Å²) in [7, 11) is -1.20. The predicted molar refractivity (Wildman–Crippen MR) is 115 cm³/mol. The summed E-state index contributed by atoms with van der Waals surface area (Å²) < 4.78 is 6.33. The summed E-state index contributed by atoms with van der Waals surface area (Å²) >= 11 is 0. The molecule has 2 fully saturated rings. The molecule has 1 aromatic rings. The van der Waals surface area contributed by atoms with E-state index in [0.29, 0.717) is 22.5 Å². The summed E-state index contributed by atoms with van der Waals surface area (Å²) in [6.45, 7) is 14.4. The molecule has 0 spiro atoms. The maximum atomic E-state index is 10.2. The molecule has 5 atom stereocenters. The standard InChI is InChI=1S/C24H38O2Si/c1-23(2,3)21-10-9-19-17-8-7-15-13-16(25)14-20(26-27(5)6)22(15)18(17)11-12-24(19,21)4/h13-14,17-19,21,25,27H,7-12H2,1-6H3/t17-,18+,19+,21?,24+/m1/s1. The van der Waals surface area contributed by atoms with Crippen molar-refractivity contribution in [3.8, 4) is 11.5 Å². The van der Waals surface area contributed by atoms with Gasteiger partial charge < -0.3 is 9.53 Å². The number of benzene rings is 1. The number of hydrogen-bond acceptors (Lipinski definition) is 2. The van der Waals surface area contributed by atoms with E-state index in [0.717, 1.165) is 29.9 Å². The first-order chi connectivity index (χ1) is 12.6. The monoisotopic (exact) mass is 386 g/mol. The second kappa shape index (κ2) is 6.54. The van der Waals surface area contributed by atoms with Crippen molar-refractivity contribution < 1.29 is 9.53 Å². The van der Waals surface area contributed by atoms with Gasteiger partial charge in [-0.1, -0.05) is 27.7 Å². The Morgan fingerprint density at radius 1 is 1.11 bits per heavy atom. The van der Waals surface area contributed by atoms with Crippen molar-refractivity contribution >= 4 is 9.04 Å². The highest BCUT2D eigenvalue weighted by Crippen LogP contribution is 2.66. The number of aromatic hydroxyl groups is 1. The minimum Gasteiger partial charge on any atom is -0.547 e. The second-order valence-corrected chi connectivity index (χ2v) is 13.5. The first kappa shape index (κ1) is 19.4. The van der Waals surface area contributed by atoms with E-state index in [2.05, 4.69) is 40.8 Å². The minimum absolute atomic E-state index is 0.381. The molecule has 0 bridgehead atoms. The first-order valence-electron chi connectivity index (χ1n) is 11.1. The molecular weight excluding hydrogens is 348 g/mol. The van der Waals surface area contributed by atoms with Gasteiger partial charge in [-0.25, -0.2) is 0 Å². The highest BCUT2D eigenvalue weighted by atomic mass is 28.3. The molecule has 1 N–H and O–H groups in total. The van der Waals surface area contributed by atoms with Gasteiger partial charge in [-0.15, -0.1) is 0 Å². The fourth-order valence-corrected chi connectivity index (χ4v) is 8.14. The summed E-state index contributed by atoms with van der Waals surface area (Å²) in [5.74, 6) is 4.52. The smallest absolute Gasteiger partial charge is 0.229 e. The van der Waals surface area contributed by atoms with Gasteiger partial charge in [0.2, 0.25) is 9.04 Å². The Kier molecular flexibility index (Phi) is 4.69. The van der Waals surface area contributed by atoms with Crippen LogP contribution in [0.5, 0.6) is 11.5 Å². The van der Waals surface area contributed by atoms with E-state index in [1.807, 2.05) is 12.1 Å². The number of phenolic OH excluding ortho intramolecular Hbond substituents is 1. The third-order valence-electron chi connectivity index (χ3n) is 8.18. The van der Waals surface area contributed by atoms with Crippen molar-refractivity contribution in [2.45, 2.75) is 85.2 Å². The van der Waals surface area contributed by atoms with Crippen molar-refractivity contribution in [1.82, 2.24) is 0 Å². The van der Waals surface area contributed by atoms with Gasteiger partial charge in [0.25, 0.3) is 0 Å². The quantitative estimate of drug-likeness (QED) is 0.607. The van der Waals surface area contributed by atoms with Crippen LogP contribution in [-0.4, -0.2) is 14.1 Å². The maximum Gasteiger partial charge on any atom is 0.229 e. The van der Waals surface area contributed by atoms with Crippen LogP contribution in [0, 0.1) is 28.6 Å². The number of aryl methyl sites for hydroxylation is 1. The zero-order chi connectivity index (χ0) is 19.6. The molecule has 3 aliphatic rings. The van der Waals surface area contributed by atoms with Crippen molar-refractivity contribution in [3.05, 3.63) is 23.3 Å². The van der Waals surface area contributed by atoms with Crippen molar-refractivity contribution in [1.29, 1.82) is 0 Å². The lowest BCUT2D eigenvalue weighted by Crippen LogP contribution is -2.45. The van der Waals surface area contributed by atoms with Crippen LogP contribution < -0.4 is 4.43 Å².